The van der Waals surface area contributed by atoms with Crippen molar-refractivity contribution in [2.75, 3.05) is 26.4 Å². The Bertz CT molecular complexity index is 262. The third-order valence-corrected chi connectivity index (χ3v) is 2.42. The van der Waals surface area contributed by atoms with Crippen molar-refractivity contribution in [3.8, 4) is 0 Å². The second-order valence-corrected chi connectivity index (χ2v) is 3.77. The van der Waals surface area contributed by atoms with Gasteiger partial charge in [0.15, 0.2) is 0 Å². The normalized spacial score (nSPS) is 24.1. The highest BCUT2D eigenvalue weighted by Crippen LogP contribution is 2.15. The monoisotopic (exact) mass is 230 g/mol. The number of nitrogens with two attached hydrogens (primary N) is 1. The molecule has 1 amide bonds. The minimum atomic E-state index is -0.936. The molecule has 0 aliphatic carbocycles. The highest BCUT2D eigenvalue weighted by molar-refractivity contribution is 5.86. The average Bonchev–Trinajstić information content (AvgIpc) is 2.67. The topological polar surface area (TPSA) is 90.7 Å². The van der Waals surface area contributed by atoms with Gasteiger partial charge in [-0.15, -0.1) is 0 Å². The maximum atomic E-state index is 11.6. The summed E-state index contributed by atoms with van der Waals surface area (Å²) in [6.45, 7) is 3.07. The second-order valence-electron chi connectivity index (χ2n) is 3.77. The van der Waals surface area contributed by atoms with Gasteiger partial charge in [0.25, 0.3) is 0 Å². The molecule has 0 aromatic carbocycles. The van der Waals surface area contributed by atoms with Crippen LogP contribution in [0.25, 0.3) is 0 Å². The van der Waals surface area contributed by atoms with E-state index in [0.717, 1.165) is 0 Å². The van der Waals surface area contributed by atoms with E-state index < -0.39 is 5.54 Å². The molecule has 0 saturated carbocycles. The van der Waals surface area contributed by atoms with E-state index in [1.54, 1.807) is 6.92 Å². The fraction of sp³-hybridized carbons (Fsp3) is 0.800. The van der Waals surface area contributed by atoms with Crippen LogP contribution in [0.1, 0.15) is 19.8 Å². The van der Waals surface area contributed by atoms with Gasteiger partial charge in [-0.05, 0) is 13.3 Å². The molecule has 3 N–H and O–H groups in total. The number of nitrogens with one attached hydrogen (secondary N) is 1. The van der Waals surface area contributed by atoms with Gasteiger partial charge >= 0.3 is 5.97 Å². The average molecular weight is 230 g/mol. The zero-order valence-corrected chi connectivity index (χ0v) is 9.45. The molecule has 1 saturated heterocycles. The SMILES string of the molecule is CCOC(=O)CCNC(=O)C1(N)CCOC1. The highest BCUT2D eigenvalue weighted by atomic mass is 16.5. The van der Waals surface area contributed by atoms with E-state index >= 15 is 0 Å². The van der Waals surface area contributed by atoms with Gasteiger partial charge in [0.05, 0.1) is 19.6 Å². The van der Waals surface area contributed by atoms with Crippen molar-refractivity contribution in [1.29, 1.82) is 0 Å². The van der Waals surface area contributed by atoms with E-state index in [4.69, 9.17) is 15.2 Å². The van der Waals surface area contributed by atoms with Crippen molar-refractivity contribution in [3.05, 3.63) is 0 Å². The van der Waals surface area contributed by atoms with Crippen LogP contribution in [0.15, 0.2) is 0 Å². The second kappa shape index (κ2) is 5.81. The number of hydrogen-bond donors (Lipinski definition) is 2. The Balaban J connectivity index is 2.22. The number of carbonyl (C=O) groups is 2. The van der Waals surface area contributed by atoms with Crippen molar-refractivity contribution < 1.29 is 19.1 Å². The zero-order chi connectivity index (χ0) is 12.0. The summed E-state index contributed by atoms with van der Waals surface area (Å²) in [5, 5.41) is 2.61. The quantitative estimate of drug-likeness (QED) is 0.602. The van der Waals surface area contributed by atoms with Gasteiger partial charge in [-0.2, -0.15) is 0 Å². The van der Waals surface area contributed by atoms with E-state index in [1.807, 2.05) is 0 Å². The van der Waals surface area contributed by atoms with Crippen LogP contribution < -0.4 is 11.1 Å². The van der Waals surface area contributed by atoms with Gasteiger partial charge in [0.1, 0.15) is 5.54 Å². The van der Waals surface area contributed by atoms with E-state index in [-0.39, 0.29) is 31.4 Å². The Hall–Kier alpha value is -1.14. The molecular weight excluding hydrogens is 212 g/mol. The Kier molecular flexibility index (Phi) is 4.70. The van der Waals surface area contributed by atoms with Crippen molar-refractivity contribution in [3.63, 3.8) is 0 Å². The van der Waals surface area contributed by atoms with Crippen LogP contribution in [0, 0.1) is 0 Å². The minimum absolute atomic E-state index is 0.163. The lowest BCUT2D eigenvalue weighted by atomic mass is 9.99. The van der Waals surface area contributed by atoms with Crippen LogP contribution in [0.3, 0.4) is 0 Å². The Labute approximate surface area is 94.5 Å². The van der Waals surface area contributed by atoms with Crippen LogP contribution in [-0.2, 0) is 19.1 Å². The lowest BCUT2D eigenvalue weighted by Crippen LogP contribution is -2.54. The molecule has 0 aromatic heterocycles. The number of carbonyl (C=O) groups excluding carboxylic acids is 2. The molecule has 16 heavy (non-hydrogen) atoms. The predicted molar refractivity (Wildman–Crippen MR) is 56.6 cm³/mol. The smallest absolute Gasteiger partial charge is 0.307 e. The zero-order valence-electron chi connectivity index (χ0n) is 9.45. The Morgan fingerprint density at radius 1 is 1.56 bits per heavy atom. The molecule has 0 radical (unpaired) electrons. The molecule has 1 unspecified atom stereocenters. The molecule has 6 nitrogen and oxygen atoms in total. The highest BCUT2D eigenvalue weighted by Gasteiger charge is 2.37. The maximum Gasteiger partial charge on any atom is 0.307 e. The number of amides is 1. The fourth-order valence-electron chi connectivity index (χ4n) is 1.45. The molecule has 0 bridgehead atoms. The van der Waals surface area contributed by atoms with Crippen molar-refractivity contribution >= 4 is 11.9 Å². The summed E-state index contributed by atoms with van der Waals surface area (Å²) in [7, 11) is 0. The van der Waals surface area contributed by atoms with Gasteiger partial charge in [-0.1, -0.05) is 0 Å². The Morgan fingerprint density at radius 3 is 2.88 bits per heavy atom. The minimum Gasteiger partial charge on any atom is -0.466 e. The lowest BCUT2D eigenvalue weighted by molar-refractivity contribution is -0.143. The molecule has 1 atom stereocenters. The molecule has 1 heterocycles. The number of hydrogen-bond acceptors (Lipinski definition) is 5. The first kappa shape index (κ1) is 12.9. The van der Waals surface area contributed by atoms with Crippen molar-refractivity contribution in [1.82, 2.24) is 5.32 Å². The summed E-state index contributed by atoms with van der Waals surface area (Å²) in [5.41, 5.74) is 4.89. The summed E-state index contributed by atoms with van der Waals surface area (Å²) in [6, 6.07) is 0. The summed E-state index contributed by atoms with van der Waals surface area (Å²) in [4.78, 5) is 22.6. The summed E-state index contributed by atoms with van der Waals surface area (Å²) in [6.07, 6.45) is 0.675. The van der Waals surface area contributed by atoms with Gasteiger partial charge in [-0.3, -0.25) is 9.59 Å². The van der Waals surface area contributed by atoms with Crippen LogP contribution in [0.4, 0.5) is 0 Å². The first-order valence-electron chi connectivity index (χ1n) is 5.39. The molecule has 1 aliphatic heterocycles. The van der Waals surface area contributed by atoms with E-state index in [0.29, 0.717) is 19.6 Å². The van der Waals surface area contributed by atoms with Crippen LogP contribution in [-0.4, -0.2) is 43.8 Å². The van der Waals surface area contributed by atoms with E-state index in [1.165, 1.54) is 0 Å². The Morgan fingerprint density at radius 2 is 2.31 bits per heavy atom. The van der Waals surface area contributed by atoms with Crippen molar-refractivity contribution in [2.45, 2.75) is 25.3 Å². The van der Waals surface area contributed by atoms with Crippen molar-refractivity contribution in [2.24, 2.45) is 5.73 Å². The van der Waals surface area contributed by atoms with E-state index in [2.05, 4.69) is 5.32 Å². The molecule has 1 aliphatic rings. The first-order valence-corrected chi connectivity index (χ1v) is 5.39. The summed E-state index contributed by atoms with van der Waals surface area (Å²) < 4.78 is 9.80. The molecule has 0 aromatic rings. The summed E-state index contributed by atoms with van der Waals surface area (Å²) >= 11 is 0. The summed E-state index contributed by atoms with van der Waals surface area (Å²) in [5.74, 6) is -0.592. The standard InChI is InChI=1S/C10H18N2O4/c1-2-16-8(13)3-5-12-9(14)10(11)4-6-15-7-10/h2-7,11H2,1H3,(H,12,14). The fourth-order valence-corrected chi connectivity index (χ4v) is 1.45. The molecule has 92 valence electrons. The number of rotatable bonds is 5. The third kappa shape index (κ3) is 3.46. The maximum absolute atomic E-state index is 11.6. The number of esters is 1. The molecule has 6 heteroatoms. The molecule has 0 spiro atoms. The van der Waals surface area contributed by atoms with Gasteiger partial charge in [0, 0.05) is 13.2 Å². The molecule has 1 rings (SSSR count). The first-order chi connectivity index (χ1) is 7.58. The molecular formula is C10H18N2O4. The predicted octanol–water partition coefficient (Wildman–Crippen LogP) is -0.826. The van der Waals surface area contributed by atoms with Gasteiger partial charge in [-0.25, -0.2) is 0 Å². The van der Waals surface area contributed by atoms with Crippen LogP contribution in [0.2, 0.25) is 0 Å². The van der Waals surface area contributed by atoms with Gasteiger partial charge in [0.2, 0.25) is 5.91 Å². The largest absolute Gasteiger partial charge is 0.466 e. The third-order valence-electron chi connectivity index (χ3n) is 2.42. The van der Waals surface area contributed by atoms with Gasteiger partial charge < -0.3 is 20.5 Å². The van der Waals surface area contributed by atoms with Crippen LogP contribution in [0.5, 0.6) is 0 Å². The number of ether oxygens (including phenoxy) is 2. The molecule has 1 fully saturated rings. The van der Waals surface area contributed by atoms with Crippen LogP contribution >= 0.6 is 0 Å². The van der Waals surface area contributed by atoms with E-state index in [9.17, 15) is 9.59 Å². The lowest BCUT2D eigenvalue weighted by Gasteiger charge is -2.20.